The number of ether oxygens (including phenoxy) is 1. The molecular weight excluding hydrogens is 232 g/mol. The summed E-state index contributed by atoms with van der Waals surface area (Å²) in [5.41, 5.74) is 1.74. The second-order valence-corrected chi connectivity index (χ2v) is 4.85. The highest BCUT2D eigenvalue weighted by atomic mass is 32.2. The molecule has 1 aromatic carbocycles. The average molecular weight is 250 g/mol. The largest absolute Gasteiger partial charge is 0.496 e. The summed E-state index contributed by atoms with van der Waals surface area (Å²) in [6.07, 6.45) is 2.10. The first-order valence-electron chi connectivity index (χ1n) is 5.45. The number of methoxy groups -OCH3 is 1. The van der Waals surface area contributed by atoms with Crippen molar-refractivity contribution in [3.05, 3.63) is 29.3 Å². The first kappa shape index (κ1) is 13.9. The Hall–Kier alpha value is -1.18. The van der Waals surface area contributed by atoms with Gasteiger partial charge in [0.25, 0.3) is 0 Å². The third-order valence-corrected chi connectivity index (χ3v) is 3.12. The SMILES string of the molecule is COc1ccc(C#N)cc1CN(C)CCSC. The molecule has 3 nitrogen and oxygen atoms in total. The lowest BCUT2D eigenvalue weighted by Gasteiger charge is -2.18. The smallest absolute Gasteiger partial charge is 0.123 e. The molecule has 0 heterocycles. The van der Waals surface area contributed by atoms with Crippen molar-refractivity contribution in [1.29, 1.82) is 5.26 Å². The van der Waals surface area contributed by atoms with Crippen LogP contribution in [0.5, 0.6) is 5.75 Å². The minimum Gasteiger partial charge on any atom is -0.496 e. The number of rotatable bonds is 6. The van der Waals surface area contributed by atoms with E-state index in [9.17, 15) is 0 Å². The molecule has 0 fully saturated rings. The van der Waals surface area contributed by atoms with Crippen LogP contribution in [0.4, 0.5) is 0 Å². The molecule has 0 amide bonds. The van der Waals surface area contributed by atoms with Crippen LogP contribution in [0.2, 0.25) is 0 Å². The molecular formula is C13H18N2OS. The molecule has 0 spiro atoms. The van der Waals surface area contributed by atoms with Gasteiger partial charge in [0.05, 0.1) is 18.7 Å². The highest BCUT2D eigenvalue weighted by Crippen LogP contribution is 2.21. The van der Waals surface area contributed by atoms with E-state index < -0.39 is 0 Å². The predicted molar refractivity (Wildman–Crippen MR) is 72.4 cm³/mol. The van der Waals surface area contributed by atoms with E-state index in [0.717, 1.165) is 30.2 Å². The minimum absolute atomic E-state index is 0.680. The highest BCUT2D eigenvalue weighted by molar-refractivity contribution is 7.98. The van der Waals surface area contributed by atoms with Gasteiger partial charge in [-0.15, -0.1) is 0 Å². The lowest BCUT2D eigenvalue weighted by atomic mass is 10.1. The first-order valence-corrected chi connectivity index (χ1v) is 6.85. The van der Waals surface area contributed by atoms with E-state index in [1.165, 1.54) is 0 Å². The van der Waals surface area contributed by atoms with Crippen LogP contribution in [0.15, 0.2) is 18.2 Å². The van der Waals surface area contributed by atoms with Crippen molar-refractivity contribution in [2.45, 2.75) is 6.54 Å². The van der Waals surface area contributed by atoms with E-state index in [1.807, 2.05) is 23.9 Å². The first-order chi connectivity index (χ1) is 8.21. The Bertz CT molecular complexity index is 401. The predicted octanol–water partition coefficient (Wildman–Crippen LogP) is 2.36. The zero-order chi connectivity index (χ0) is 12.7. The molecule has 0 aliphatic carbocycles. The van der Waals surface area contributed by atoms with Crippen molar-refractivity contribution < 1.29 is 4.74 Å². The van der Waals surface area contributed by atoms with Gasteiger partial charge in [0.15, 0.2) is 0 Å². The second kappa shape index (κ2) is 7.21. The van der Waals surface area contributed by atoms with Crippen LogP contribution in [0.3, 0.4) is 0 Å². The van der Waals surface area contributed by atoms with Gasteiger partial charge < -0.3 is 9.64 Å². The molecule has 0 bridgehead atoms. The molecule has 0 aromatic heterocycles. The molecule has 1 rings (SSSR count). The fourth-order valence-corrected chi connectivity index (χ4v) is 2.08. The highest BCUT2D eigenvalue weighted by Gasteiger charge is 2.07. The van der Waals surface area contributed by atoms with Crippen LogP contribution in [0.25, 0.3) is 0 Å². The summed E-state index contributed by atoms with van der Waals surface area (Å²) >= 11 is 1.83. The fourth-order valence-electron chi connectivity index (χ4n) is 1.59. The zero-order valence-electron chi connectivity index (χ0n) is 10.6. The number of hydrogen-bond acceptors (Lipinski definition) is 4. The van der Waals surface area contributed by atoms with Gasteiger partial charge in [-0.3, -0.25) is 0 Å². The van der Waals surface area contributed by atoms with Crippen LogP contribution >= 0.6 is 11.8 Å². The molecule has 0 N–H and O–H groups in total. The van der Waals surface area contributed by atoms with Gasteiger partial charge in [0.2, 0.25) is 0 Å². The Kier molecular flexibility index (Phi) is 5.88. The maximum absolute atomic E-state index is 8.89. The summed E-state index contributed by atoms with van der Waals surface area (Å²) in [6.45, 7) is 1.83. The topological polar surface area (TPSA) is 36.3 Å². The Morgan fingerprint density at radius 2 is 2.24 bits per heavy atom. The standard InChI is InChI=1S/C13H18N2OS/c1-15(6-7-17-3)10-12-8-11(9-14)4-5-13(12)16-2/h4-5,8H,6-7,10H2,1-3H3. The fraction of sp³-hybridized carbons (Fsp3) is 0.462. The number of nitrogens with zero attached hydrogens (tertiary/aromatic N) is 2. The average Bonchev–Trinajstić information content (AvgIpc) is 2.36. The Labute approximate surface area is 107 Å². The van der Waals surface area contributed by atoms with E-state index in [-0.39, 0.29) is 0 Å². The van der Waals surface area contributed by atoms with Crippen LogP contribution in [0.1, 0.15) is 11.1 Å². The maximum atomic E-state index is 8.89. The second-order valence-electron chi connectivity index (χ2n) is 3.87. The lowest BCUT2D eigenvalue weighted by Crippen LogP contribution is -2.21. The summed E-state index contributed by atoms with van der Waals surface area (Å²) in [5, 5.41) is 8.89. The Morgan fingerprint density at radius 1 is 1.47 bits per heavy atom. The summed E-state index contributed by atoms with van der Waals surface area (Å²) < 4.78 is 5.31. The third kappa shape index (κ3) is 4.29. The van der Waals surface area contributed by atoms with Crippen LogP contribution < -0.4 is 4.74 Å². The van der Waals surface area contributed by atoms with Gasteiger partial charge in [-0.2, -0.15) is 17.0 Å². The van der Waals surface area contributed by atoms with E-state index in [1.54, 1.807) is 13.2 Å². The van der Waals surface area contributed by atoms with Crippen LogP contribution in [-0.2, 0) is 6.54 Å². The Morgan fingerprint density at radius 3 is 2.82 bits per heavy atom. The van der Waals surface area contributed by atoms with Crippen LogP contribution in [0, 0.1) is 11.3 Å². The maximum Gasteiger partial charge on any atom is 0.123 e. The van der Waals surface area contributed by atoms with E-state index in [0.29, 0.717) is 5.56 Å². The number of nitriles is 1. The van der Waals surface area contributed by atoms with E-state index >= 15 is 0 Å². The van der Waals surface area contributed by atoms with Crippen molar-refractivity contribution in [3.63, 3.8) is 0 Å². The summed E-state index contributed by atoms with van der Waals surface area (Å²) in [5.74, 6) is 1.96. The Balaban J connectivity index is 2.77. The normalized spacial score (nSPS) is 10.3. The van der Waals surface area contributed by atoms with Crippen LogP contribution in [-0.4, -0.2) is 37.6 Å². The number of benzene rings is 1. The molecule has 0 aliphatic heterocycles. The third-order valence-electron chi connectivity index (χ3n) is 2.53. The van der Waals surface area contributed by atoms with Gasteiger partial charge >= 0.3 is 0 Å². The molecule has 0 saturated heterocycles. The summed E-state index contributed by atoms with van der Waals surface area (Å²) in [7, 11) is 3.74. The van der Waals surface area contributed by atoms with Crippen molar-refractivity contribution in [1.82, 2.24) is 4.90 Å². The minimum atomic E-state index is 0.680. The molecule has 0 atom stereocenters. The molecule has 92 valence electrons. The summed E-state index contributed by atoms with van der Waals surface area (Å²) in [6, 6.07) is 7.69. The zero-order valence-corrected chi connectivity index (χ0v) is 11.4. The van der Waals surface area contributed by atoms with Gasteiger partial charge in [0, 0.05) is 24.4 Å². The van der Waals surface area contributed by atoms with Gasteiger partial charge in [-0.25, -0.2) is 0 Å². The number of hydrogen-bond donors (Lipinski definition) is 0. The van der Waals surface area contributed by atoms with Gasteiger partial charge in [-0.05, 0) is 31.5 Å². The monoisotopic (exact) mass is 250 g/mol. The molecule has 0 radical (unpaired) electrons. The van der Waals surface area contributed by atoms with Crippen molar-refractivity contribution in [3.8, 4) is 11.8 Å². The number of thioether (sulfide) groups is 1. The van der Waals surface area contributed by atoms with E-state index in [4.69, 9.17) is 10.00 Å². The molecule has 0 unspecified atom stereocenters. The van der Waals surface area contributed by atoms with Crippen molar-refractivity contribution in [2.24, 2.45) is 0 Å². The van der Waals surface area contributed by atoms with Gasteiger partial charge in [0.1, 0.15) is 5.75 Å². The van der Waals surface area contributed by atoms with Crippen molar-refractivity contribution in [2.75, 3.05) is 32.7 Å². The molecule has 0 aliphatic rings. The molecule has 1 aromatic rings. The summed E-state index contributed by atoms with van der Waals surface area (Å²) in [4.78, 5) is 2.23. The quantitative estimate of drug-likeness (QED) is 0.776. The molecule has 0 saturated carbocycles. The van der Waals surface area contributed by atoms with Gasteiger partial charge in [-0.1, -0.05) is 0 Å². The van der Waals surface area contributed by atoms with E-state index in [2.05, 4.69) is 24.3 Å². The lowest BCUT2D eigenvalue weighted by molar-refractivity contribution is 0.335. The van der Waals surface area contributed by atoms with Crippen molar-refractivity contribution >= 4 is 11.8 Å². The molecule has 17 heavy (non-hydrogen) atoms. The molecule has 4 heteroatoms.